The highest BCUT2D eigenvalue weighted by atomic mass is 35.5. The van der Waals surface area contributed by atoms with Crippen molar-refractivity contribution in [3.05, 3.63) is 34.9 Å². The van der Waals surface area contributed by atoms with Crippen LogP contribution >= 0.6 is 11.6 Å². The van der Waals surface area contributed by atoms with Crippen LogP contribution in [0.1, 0.15) is 18.4 Å². The maximum Gasteiger partial charge on any atom is 0.227 e. The fourth-order valence-corrected chi connectivity index (χ4v) is 2.89. The first-order chi connectivity index (χ1) is 9.65. The molecule has 1 heterocycles. The summed E-state index contributed by atoms with van der Waals surface area (Å²) in [5, 5.41) is 0.636. The number of hydrogen-bond donors (Lipinski definition) is 1. The highest BCUT2D eigenvalue weighted by Crippen LogP contribution is 2.22. The van der Waals surface area contributed by atoms with Gasteiger partial charge in [0.2, 0.25) is 5.91 Å². The molecule has 0 aromatic heterocycles. The number of rotatable bonds is 4. The molecular formula is C15H21ClN2O2. The van der Waals surface area contributed by atoms with E-state index in [9.17, 15) is 4.79 Å². The molecule has 2 atom stereocenters. The SMILES string of the molecule is COC1CCN(C(=O)Cc2ccccc2Cl)C(CN)C1. The Balaban J connectivity index is 2.03. The lowest BCUT2D eigenvalue weighted by atomic mass is 9.98. The van der Waals surface area contributed by atoms with Crippen LogP contribution < -0.4 is 5.73 Å². The van der Waals surface area contributed by atoms with Gasteiger partial charge in [0.15, 0.2) is 0 Å². The summed E-state index contributed by atoms with van der Waals surface area (Å²) in [5.74, 6) is 0.0862. The van der Waals surface area contributed by atoms with Crippen LogP contribution in [0.2, 0.25) is 5.02 Å². The summed E-state index contributed by atoms with van der Waals surface area (Å²) in [6.45, 7) is 1.16. The van der Waals surface area contributed by atoms with E-state index in [1.807, 2.05) is 29.2 Å². The van der Waals surface area contributed by atoms with Gasteiger partial charge in [0.25, 0.3) is 0 Å². The molecule has 110 valence electrons. The van der Waals surface area contributed by atoms with E-state index < -0.39 is 0 Å². The van der Waals surface area contributed by atoms with Gasteiger partial charge in [-0.1, -0.05) is 29.8 Å². The van der Waals surface area contributed by atoms with E-state index in [1.54, 1.807) is 7.11 Å². The molecule has 1 amide bonds. The number of amides is 1. The molecule has 0 saturated carbocycles. The van der Waals surface area contributed by atoms with E-state index in [0.717, 1.165) is 18.4 Å². The molecule has 5 heteroatoms. The highest BCUT2D eigenvalue weighted by Gasteiger charge is 2.30. The first-order valence-electron chi connectivity index (χ1n) is 6.91. The lowest BCUT2D eigenvalue weighted by Crippen LogP contribution is -2.51. The summed E-state index contributed by atoms with van der Waals surface area (Å²) < 4.78 is 5.37. The Kier molecular flexibility index (Phi) is 5.40. The maximum atomic E-state index is 12.5. The van der Waals surface area contributed by atoms with E-state index in [-0.39, 0.29) is 18.1 Å². The van der Waals surface area contributed by atoms with E-state index in [4.69, 9.17) is 22.1 Å². The van der Waals surface area contributed by atoms with Gasteiger partial charge in [0, 0.05) is 31.3 Å². The van der Waals surface area contributed by atoms with Gasteiger partial charge in [-0.3, -0.25) is 4.79 Å². The monoisotopic (exact) mass is 296 g/mol. The van der Waals surface area contributed by atoms with E-state index in [2.05, 4.69) is 0 Å². The zero-order valence-electron chi connectivity index (χ0n) is 11.7. The summed E-state index contributed by atoms with van der Waals surface area (Å²) in [5.41, 5.74) is 6.66. The maximum absolute atomic E-state index is 12.5. The van der Waals surface area contributed by atoms with Crippen molar-refractivity contribution < 1.29 is 9.53 Å². The zero-order valence-corrected chi connectivity index (χ0v) is 12.5. The van der Waals surface area contributed by atoms with Crippen molar-refractivity contribution in [2.24, 2.45) is 5.73 Å². The van der Waals surface area contributed by atoms with Crippen molar-refractivity contribution in [1.29, 1.82) is 0 Å². The van der Waals surface area contributed by atoms with Crippen molar-refractivity contribution >= 4 is 17.5 Å². The minimum Gasteiger partial charge on any atom is -0.381 e. The van der Waals surface area contributed by atoms with Crippen molar-refractivity contribution in [3.63, 3.8) is 0 Å². The van der Waals surface area contributed by atoms with Crippen LogP contribution in [0.4, 0.5) is 0 Å². The summed E-state index contributed by atoms with van der Waals surface area (Å²) in [7, 11) is 1.71. The number of nitrogens with two attached hydrogens (primary N) is 1. The van der Waals surface area contributed by atoms with Crippen LogP contribution in [-0.4, -0.2) is 43.2 Å². The number of methoxy groups -OCH3 is 1. The molecule has 20 heavy (non-hydrogen) atoms. The smallest absolute Gasteiger partial charge is 0.227 e. The molecule has 0 aliphatic carbocycles. The Hall–Kier alpha value is -1.10. The van der Waals surface area contributed by atoms with E-state index >= 15 is 0 Å². The average Bonchev–Trinajstić information content (AvgIpc) is 2.48. The standard InChI is InChI=1S/C15H21ClN2O2/c1-20-13-6-7-18(12(9-13)10-17)15(19)8-11-4-2-3-5-14(11)16/h2-5,12-13H,6-10,17H2,1H3. The molecule has 2 N–H and O–H groups in total. The number of hydrogen-bond acceptors (Lipinski definition) is 3. The molecule has 1 aromatic carbocycles. The number of carbonyl (C=O) groups is 1. The van der Waals surface area contributed by atoms with E-state index in [1.165, 1.54) is 0 Å². The number of benzene rings is 1. The molecule has 4 nitrogen and oxygen atoms in total. The Morgan fingerprint density at radius 1 is 1.50 bits per heavy atom. The lowest BCUT2D eigenvalue weighted by Gasteiger charge is -2.38. The quantitative estimate of drug-likeness (QED) is 0.922. The molecular weight excluding hydrogens is 276 g/mol. The Morgan fingerprint density at radius 3 is 2.90 bits per heavy atom. The van der Waals surface area contributed by atoms with Crippen molar-refractivity contribution in [1.82, 2.24) is 4.90 Å². The second kappa shape index (κ2) is 7.07. The van der Waals surface area contributed by atoms with Gasteiger partial charge in [-0.2, -0.15) is 0 Å². The summed E-state index contributed by atoms with van der Waals surface area (Å²) in [6, 6.07) is 7.51. The molecule has 1 aromatic rings. The molecule has 2 rings (SSSR count). The number of piperidine rings is 1. The average molecular weight is 297 g/mol. The van der Waals surface area contributed by atoms with Gasteiger partial charge in [-0.25, -0.2) is 0 Å². The minimum absolute atomic E-state index is 0.0590. The van der Waals surface area contributed by atoms with Gasteiger partial charge < -0.3 is 15.4 Å². The summed E-state index contributed by atoms with van der Waals surface area (Å²) in [4.78, 5) is 14.3. The van der Waals surface area contributed by atoms with Crippen LogP contribution in [0.15, 0.2) is 24.3 Å². The fraction of sp³-hybridized carbons (Fsp3) is 0.533. The predicted octanol–water partition coefficient (Wildman–Crippen LogP) is 1.85. The number of halogens is 1. The van der Waals surface area contributed by atoms with Crippen molar-refractivity contribution in [2.45, 2.75) is 31.4 Å². The fourth-order valence-electron chi connectivity index (χ4n) is 2.69. The number of ether oxygens (including phenoxy) is 1. The zero-order chi connectivity index (χ0) is 14.5. The second-order valence-electron chi connectivity index (χ2n) is 5.13. The third-order valence-electron chi connectivity index (χ3n) is 3.89. The Bertz CT molecular complexity index is 467. The molecule has 0 spiro atoms. The predicted molar refractivity (Wildman–Crippen MR) is 79.7 cm³/mol. The Labute approximate surface area is 124 Å². The topological polar surface area (TPSA) is 55.6 Å². The normalized spacial score (nSPS) is 22.9. The molecule has 0 radical (unpaired) electrons. The number of likely N-dealkylation sites (tertiary alicyclic amines) is 1. The van der Waals surface area contributed by atoms with Gasteiger partial charge in [0.05, 0.1) is 12.5 Å². The highest BCUT2D eigenvalue weighted by molar-refractivity contribution is 6.31. The van der Waals surface area contributed by atoms with Crippen molar-refractivity contribution in [3.8, 4) is 0 Å². The number of carbonyl (C=O) groups excluding carboxylic acids is 1. The second-order valence-corrected chi connectivity index (χ2v) is 5.53. The molecule has 1 aliphatic rings. The van der Waals surface area contributed by atoms with E-state index in [0.29, 0.717) is 24.5 Å². The van der Waals surface area contributed by atoms with Crippen LogP contribution in [0.25, 0.3) is 0 Å². The van der Waals surface area contributed by atoms with Crippen LogP contribution in [-0.2, 0) is 16.0 Å². The molecule has 0 bridgehead atoms. The summed E-state index contributed by atoms with van der Waals surface area (Å²) >= 11 is 6.11. The van der Waals surface area contributed by atoms with Crippen LogP contribution in [0.5, 0.6) is 0 Å². The number of nitrogens with zero attached hydrogens (tertiary/aromatic N) is 1. The van der Waals surface area contributed by atoms with Gasteiger partial charge in [-0.05, 0) is 24.5 Å². The molecule has 1 fully saturated rings. The first-order valence-corrected chi connectivity index (χ1v) is 7.29. The van der Waals surface area contributed by atoms with Crippen LogP contribution in [0.3, 0.4) is 0 Å². The largest absolute Gasteiger partial charge is 0.381 e. The minimum atomic E-state index is 0.0590. The van der Waals surface area contributed by atoms with Gasteiger partial charge in [-0.15, -0.1) is 0 Å². The summed E-state index contributed by atoms with van der Waals surface area (Å²) in [6.07, 6.45) is 2.20. The van der Waals surface area contributed by atoms with Crippen molar-refractivity contribution in [2.75, 3.05) is 20.2 Å². The third kappa shape index (κ3) is 3.51. The lowest BCUT2D eigenvalue weighted by molar-refractivity contribution is -0.136. The molecule has 2 unspecified atom stereocenters. The van der Waals surface area contributed by atoms with Gasteiger partial charge in [0.1, 0.15) is 0 Å². The molecule has 1 saturated heterocycles. The van der Waals surface area contributed by atoms with Crippen LogP contribution in [0, 0.1) is 0 Å². The van der Waals surface area contributed by atoms with Gasteiger partial charge >= 0.3 is 0 Å². The first kappa shape index (κ1) is 15.3. The Morgan fingerprint density at radius 2 is 2.25 bits per heavy atom. The molecule has 1 aliphatic heterocycles. The third-order valence-corrected chi connectivity index (χ3v) is 4.26.